The molecule has 4 aromatic rings. The van der Waals surface area contributed by atoms with Crippen LogP contribution in [0.5, 0.6) is 5.75 Å². The van der Waals surface area contributed by atoms with Crippen LogP contribution in [0.25, 0.3) is 28.0 Å². The van der Waals surface area contributed by atoms with Crippen molar-refractivity contribution in [2.45, 2.75) is 64.5 Å². The van der Waals surface area contributed by atoms with E-state index in [1.807, 2.05) is 0 Å². The van der Waals surface area contributed by atoms with Gasteiger partial charge >= 0.3 is 5.69 Å². The van der Waals surface area contributed by atoms with Gasteiger partial charge in [-0.25, -0.2) is 44.7 Å². The van der Waals surface area contributed by atoms with Gasteiger partial charge < -0.3 is 9.64 Å². The second-order valence-corrected chi connectivity index (χ2v) is 14.4. The zero-order valence-electron chi connectivity index (χ0n) is 27.1. The van der Waals surface area contributed by atoms with Crippen molar-refractivity contribution < 1.29 is 35.1 Å². The average molecular weight is 705 g/mol. The summed E-state index contributed by atoms with van der Waals surface area (Å²) in [6.07, 6.45) is 0.426. The second kappa shape index (κ2) is 12.5. The van der Waals surface area contributed by atoms with Crippen LogP contribution in [-0.2, 0) is 16.4 Å². The molecule has 0 N–H and O–H groups in total. The van der Waals surface area contributed by atoms with Gasteiger partial charge in [-0.3, -0.25) is 4.98 Å². The SMILES string of the molecule is C=CS(=O)(=O)N1C[C@H](C)N(c2nc(=O)n3c4nc(c(F)cc24)-c2c(ccc(F)c2F)OCC(F)(F)CCc2ccnc(C(C)C)c2-3)C[C@H]1C. The molecule has 2 aliphatic heterocycles. The number of anilines is 1. The van der Waals surface area contributed by atoms with Crippen molar-refractivity contribution in [1.82, 2.24) is 23.8 Å². The van der Waals surface area contributed by atoms with E-state index in [1.165, 1.54) is 16.6 Å². The third-order valence-corrected chi connectivity index (χ3v) is 10.4. The maximum absolute atomic E-state index is 16.3. The first-order valence-electron chi connectivity index (χ1n) is 15.6. The zero-order valence-corrected chi connectivity index (χ0v) is 27.9. The second-order valence-electron chi connectivity index (χ2n) is 12.6. The van der Waals surface area contributed by atoms with Gasteiger partial charge in [0.25, 0.3) is 5.92 Å². The molecule has 0 radical (unpaired) electrons. The van der Waals surface area contributed by atoms with E-state index in [-0.39, 0.29) is 48.0 Å². The smallest absolute Gasteiger partial charge is 0.355 e. The lowest BCUT2D eigenvalue weighted by Gasteiger charge is -2.43. The molecule has 3 aromatic heterocycles. The van der Waals surface area contributed by atoms with Crippen LogP contribution in [-0.4, -0.2) is 69.9 Å². The summed E-state index contributed by atoms with van der Waals surface area (Å²) in [5, 5.41) is 0.819. The van der Waals surface area contributed by atoms with E-state index in [0.717, 1.165) is 22.1 Å². The summed E-state index contributed by atoms with van der Waals surface area (Å²) in [4.78, 5) is 29.1. The van der Waals surface area contributed by atoms with Crippen LogP contribution in [0.15, 0.2) is 47.2 Å². The molecule has 260 valence electrons. The van der Waals surface area contributed by atoms with Gasteiger partial charge in [-0.2, -0.15) is 9.29 Å². The summed E-state index contributed by atoms with van der Waals surface area (Å²) in [6, 6.07) is 2.82. The fraction of sp³-hybridized carbons (Fsp3) is 0.394. The third-order valence-electron chi connectivity index (χ3n) is 8.84. The molecule has 0 amide bonds. The largest absolute Gasteiger partial charge is 0.486 e. The normalized spacial score (nSPS) is 19.8. The maximum atomic E-state index is 16.3. The molecule has 0 saturated carbocycles. The lowest BCUT2D eigenvalue weighted by Crippen LogP contribution is -2.58. The average Bonchev–Trinajstić information content (AvgIpc) is 3.05. The predicted octanol–water partition coefficient (Wildman–Crippen LogP) is 5.72. The van der Waals surface area contributed by atoms with Crippen molar-refractivity contribution in [3.05, 3.63) is 81.6 Å². The Bertz CT molecular complexity index is 2160. The molecule has 49 heavy (non-hydrogen) atoms. The Morgan fingerprint density at radius 2 is 1.80 bits per heavy atom. The van der Waals surface area contributed by atoms with Crippen LogP contribution in [0.2, 0.25) is 0 Å². The number of ether oxygens (including phenoxy) is 1. The van der Waals surface area contributed by atoms with Crippen molar-refractivity contribution in [3.8, 4) is 22.7 Å². The number of aromatic nitrogens is 4. The Morgan fingerprint density at radius 3 is 2.49 bits per heavy atom. The number of alkyl halides is 2. The number of nitrogens with zero attached hydrogens (tertiary/aromatic N) is 6. The van der Waals surface area contributed by atoms with Gasteiger partial charge in [-0.1, -0.05) is 20.4 Å². The van der Waals surface area contributed by atoms with Crippen LogP contribution in [0, 0.1) is 17.5 Å². The van der Waals surface area contributed by atoms with E-state index in [4.69, 9.17) is 4.74 Å². The number of sulfonamides is 1. The summed E-state index contributed by atoms with van der Waals surface area (Å²) < 4.78 is 110. The van der Waals surface area contributed by atoms with Crippen molar-refractivity contribution in [1.29, 1.82) is 0 Å². The summed E-state index contributed by atoms with van der Waals surface area (Å²) in [5.41, 5.74) is -2.05. The fourth-order valence-corrected chi connectivity index (χ4v) is 7.57. The van der Waals surface area contributed by atoms with E-state index >= 15 is 17.6 Å². The van der Waals surface area contributed by atoms with E-state index in [2.05, 4.69) is 21.5 Å². The number of hydrogen-bond acceptors (Lipinski definition) is 8. The quantitative estimate of drug-likeness (QED) is 0.249. The minimum atomic E-state index is -3.81. The zero-order chi connectivity index (χ0) is 35.6. The molecule has 2 bridgehead atoms. The van der Waals surface area contributed by atoms with Crippen molar-refractivity contribution in [3.63, 3.8) is 0 Å². The van der Waals surface area contributed by atoms with E-state index < -0.39 is 81.2 Å². The van der Waals surface area contributed by atoms with E-state index in [1.54, 1.807) is 32.6 Å². The monoisotopic (exact) mass is 704 g/mol. The molecular formula is C33H33F5N6O4S. The maximum Gasteiger partial charge on any atom is 0.355 e. The van der Waals surface area contributed by atoms with Gasteiger partial charge in [0.1, 0.15) is 17.3 Å². The number of piperazine rings is 1. The topological polar surface area (TPSA) is 111 Å². The summed E-state index contributed by atoms with van der Waals surface area (Å²) in [5.74, 6) is -8.60. The van der Waals surface area contributed by atoms with Gasteiger partial charge in [0.2, 0.25) is 10.0 Å². The minimum absolute atomic E-state index is 0.0241. The Hall–Kier alpha value is -4.44. The molecule has 10 nitrogen and oxygen atoms in total. The first-order valence-corrected chi connectivity index (χ1v) is 17.1. The number of halogens is 5. The molecule has 1 saturated heterocycles. The minimum Gasteiger partial charge on any atom is -0.486 e. The Labute approximate surface area is 278 Å². The molecule has 0 unspecified atom stereocenters. The lowest BCUT2D eigenvalue weighted by atomic mass is 9.99. The van der Waals surface area contributed by atoms with E-state index in [0.29, 0.717) is 17.3 Å². The standard InChI is InChI=1S/C33H33F5N6O4S/c1-6-49(46,47)43-15-18(4)42(14-19(43)5)30-21-13-23(35)28-25-24(8-7-22(34)26(25)36)48-16-33(37,38)11-9-20-10-12-39-27(17(2)3)29(20)44(31(21)40-28)32(45)41-30/h6-8,10,12-13,17-19H,1,9,11,14-16H2,2-5H3/t18-,19+/m0/s1. The number of benzene rings is 1. The fourth-order valence-electron chi connectivity index (χ4n) is 6.38. The highest BCUT2D eigenvalue weighted by Crippen LogP contribution is 2.40. The molecule has 2 aliphatic rings. The predicted molar refractivity (Wildman–Crippen MR) is 173 cm³/mol. The van der Waals surface area contributed by atoms with Gasteiger partial charge in [0.15, 0.2) is 29.7 Å². The highest BCUT2D eigenvalue weighted by atomic mass is 32.2. The number of rotatable bonds is 4. The Morgan fingerprint density at radius 1 is 1.06 bits per heavy atom. The Kier molecular flexibility index (Phi) is 8.76. The number of aryl methyl sites for hydroxylation is 1. The molecule has 0 spiro atoms. The van der Waals surface area contributed by atoms with Gasteiger partial charge in [-0.15, -0.1) is 0 Å². The van der Waals surface area contributed by atoms with Crippen LogP contribution < -0.4 is 15.3 Å². The van der Waals surface area contributed by atoms with Crippen molar-refractivity contribution in [2.24, 2.45) is 0 Å². The Balaban J connectivity index is 1.71. The third kappa shape index (κ3) is 6.05. The van der Waals surface area contributed by atoms with Crippen molar-refractivity contribution >= 4 is 26.9 Å². The van der Waals surface area contributed by atoms with Crippen LogP contribution >= 0.6 is 0 Å². The molecule has 16 heteroatoms. The number of hydrogen-bond donors (Lipinski definition) is 0. The number of fused-ring (bicyclic) bond motifs is 5. The summed E-state index contributed by atoms with van der Waals surface area (Å²) in [7, 11) is -3.81. The number of pyridine rings is 2. The van der Waals surface area contributed by atoms with Gasteiger partial charge in [0, 0.05) is 43.2 Å². The molecule has 1 aromatic carbocycles. The molecule has 0 aliphatic carbocycles. The highest BCUT2D eigenvalue weighted by molar-refractivity contribution is 7.92. The molecule has 2 atom stereocenters. The molecule has 1 fully saturated rings. The van der Waals surface area contributed by atoms with Gasteiger partial charge in [-0.05, 0) is 56.0 Å². The van der Waals surface area contributed by atoms with Crippen LogP contribution in [0.1, 0.15) is 51.3 Å². The molecule has 5 heterocycles. The molecule has 6 rings (SSSR count). The van der Waals surface area contributed by atoms with Crippen molar-refractivity contribution in [2.75, 3.05) is 24.6 Å². The summed E-state index contributed by atoms with van der Waals surface area (Å²) in [6.45, 7) is 9.11. The molecular weight excluding hydrogens is 671 g/mol. The van der Waals surface area contributed by atoms with Gasteiger partial charge in [0.05, 0.1) is 22.3 Å². The van der Waals surface area contributed by atoms with E-state index in [9.17, 15) is 17.6 Å². The lowest BCUT2D eigenvalue weighted by molar-refractivity contribution is -0.0472. The first kappa shape index (κ1) is 34.4. The van der Waals surface area contributed by atoms with Crippen LogP contribution in [0.3, 0.4) is 0 Å². The van der Waals surface area contributed by atoms with Crippen LogP contribution in [0.4, 0.5) is 27.8 Å². The summed E-state index contributed by atoms with van der Waals surface area (Å²) >= 11 is 0. The highest BCUT2D eigenvalue weighted by Gasteiger charge is 2.38. The first-order chi connectivity index (χ1) is 23.0.